The second kappa shape index (κ2) is 10.6. The molecule has 29 heavy (non-hydrogen) atoms. The highest BCUT2D eigenvalue weighted by Gasteiger charge is 2.23. The van der Waals surface area contributed by atoms with Gasteiger partial charge in [0.15, 0.2) is 5.96 Å². The average Bonchev–Trinajstić information content (AvgIpc) is 3.26. The van der Waals surface area contributed by atoms with Crippen molar-refractivity contribution < 1.29 is 9.18 Å². The highest BCUT2D eigenvalue weighted by Crippen LogP contribution is 2.24. The molecule has 0 radical (unpaired) electrons. The Balaban J connectivity index is 1.52. The maximum Gasteiger partial charge on any atom is 0.243 e. The number of nitrogens with zero attached hydrogens (tertiary/aromatic N) is 2. The van der Waals surface area contributed by atoms with Gasteiger partial charge in [0.2, 0.25) is 5.91 Å². The number of guanidine groups is 1. The first-order valence-electron chi connectivity index (χ1n) is 9.94. The van der Waals surface area contributed by atoms with Crippen molar-refractivity contribution in [3.8, 4) is 0 Å². The van der Waals surface area contributed by atoms with Crippen LogP contribution in [0.4, 0.5) is 10.1 Å². The predicted molar refractivity (Wildman–Crippen MR) is 114 cm³/mol. The monoisotopic (exact) mass is 397 g/mol. The van der Waals surface area contributed by atoms with Gasteiger partial charge in [0.1, 0.15) is 5.82 Å². The fourth-order valence-electron chi connectivity index (χ4n) is 3.54. The quantitative estimate of drug-likeness (QED) is 0.496. The Morgan fingerprint density at radius 2 is 1.86 bits per heavy atom. The van der Waals surface area contributed by atoms with Crippen molar-refractivity contribution in [1.82, 2.24) is 15.5 Å². The zero-order valence-electron chi connectivity index (χ0n) is 16.7. The predicted octanol–water partition coefficient (Wildman–Crippen LogP) is 2.77. The van der Waals surface area contributed by atoms with E-state index in [2.05, 4.69) is 50.1 Å². The minimum Gasteiger partial charge on any atom is -0.354 e. The summed E-state index contributed by atoms with van der Waals surface area (Å²) in [5, 5.41) is 9.01. The first-order valence-corrected chi connectivity index (χ1v) is 9.94. The van der Waals surface area contributed by atoms with Gasteiger partial charge in [-0.15, -0.1) is 0 Å². The molecule has 1 fully saturated rings. The molecule has 0 aromatic heterocycles. The van der Waals surface area contributed by atoms with Crippen LogP contribution in [0.15, 0.2) is 59.6 Å². The van der Waals surface area contributed by atoms with Crippen LogP contribution in [-0.4, -0.2) is 50.0 Å². The van der Waals surface area contributed by atoms with Gasteiger partial charge in [-0.05, 0) is 49.7 Å². The summed E-state index contributed by atoms with van der Waals surface area (Å²) in [7, 11) is 1.67. The number of benzene rings is 2. The number of likely N-dealkylation sites (tertiary alicyclic amines) is 1. The number of carbonyl (C=O) groups is 1. The molecule has 0 bridgehead atoms. The summed E-state index contributed by atoms with van der Waals surface area (Å²) in [6, 6.07) is 16.5. The molecule has 2 aromatic rings. The fourth-order valence-corrected chi connectivity index (χ4v) is 3.54. The lowest BCUT2D eigenvalue weighted by atomic mass is 10.1. The van der Waals surface area contributed by atoms with Gasteiger partial charge >= 0.3 is 0 Å². The van der Waals surface area contributed by atoms with E-state index < -0.39 is 0 Å². The topological polar surface area (TPSA) is 68.8 Å². The van der Waals surface area contributed by atoms with E-state index >= 15 is 0 Å². The molecule has 0 aliphatic carbocycles. The summed E-state index contributed by atoms with van der Waals surface area (Å²) in [6.45, 7) is 2.90. The third-order valence-corrected chi connectivity index (χ3v) is 4.98. The average molecular weight is 397 g/mol. The molecule has 1 aliphatic heterocycles. The van der Waals surface area contributed by atoms with Gasteiger partial charge < -0.3 is 16.0 Å². The number of aliphatic imine (C=N–C) groups is 1. The number of amides is 1. The normalized spacial score (nSPS) is 15.7. The van der Waals surface area contributed by atoms with Crippen molar-refractivity contribution in [3.05, 3.63) is 66.0 Å². The van der Waals surface area contributed by atoms with Crippen LogP contribution >= 0.6 is 0 Å². The molecule has 7 heteroatoms. The second-order valence-corrected chi connectivity index (χ2v) is 7.03. The Bertz CT molecular complexity index is 821. The number of carbonyl (C=O) groups excluding carboxylic acids is 1. The molecule has 2 aromatic carbocycles. The first kappa shape index (κ1) is 20.8. The van der Waals surface area contributed by atoms with Crippen molar-refractivity contribution >= 4 is 17.6 Å². The molecular weight excluding hydrogens is 369 g/mol. The van der Waals surface area contributed by atoms with Crippen LogP contribution in [0.2, 0.25) is 0 Å². The van der Waals surface area contributed by atoms with Crippen LogP contribution in [0.25, 0.3) is 0 Å². The zero-order chi connectivity index (χ0) is 20.5. The van der Waals surface area contributed by atoms with Crippen LogP contribution in [0.3, 0.4) is 0 Å². The molecule has 0 saturated carbocycles. The smallest absolute Gasteiger partial charge is 0.243 e. The van der Waals surface area contributed by atoms with E-state index in [0.717, 1.165) is 13.1 Å². The minimum atomic E-state index is -0.387. The van der Waals surface area contributed by atoms with E-state index in [1.54, 1.807) is 19.2 Å². The number of rotatable bonds is 7. The van der Waals surface area contributed by atoms with Crippen LogP contribution in [0.1, 0.15) is 24.4 Å². The van der Waals surface area contributed by atoms with E-state index in [1.165, 1.54) is 30.5 Å². The van der Waals surface area contributed by atoms with Crippen LogP contribution in [-0.2, 0) is 4.79 Å². The Hall–Kier alpha value is -2.93. The number of anilines is 1. The van der Waals surface area contributed by atoms with E-state index in [-0.39, 0.29) is 24.3 Å². The number of nitrogens with one attached hydrogen (secondary N) is 3. The van der Waals surface area contributed by atoms with Gasteiger partial charge in [0, 0.05) is 19.3 Å². The summed E-state index contributed by atoms with van der Waals surface area (Å²) in [5.74, 6) is -0.0978. The Morgan fingerprint density at radius 3 is 2.55 bits per heavy atom. The van der Waals surface area contributed by atoms with E-state index in [9.17, 15) is 9.18 Å². The van der Waals surface area contributed by atoms with Gasteiger partial charge in [-0.3, -0.25) is 14.7 Å². The molecule has 3 rings (SSSR count). The van der Waals surface area contributed by atoms with Crippen LogP contribution in [0, 0.1) is 5.82 Å². The molecule has 0 spiro atoms. The van der Waals surface area contributed by atoms with Gasteiger partial charge in [-0.25, -0.2) is 4.39 Å². The molecule has 1 saturated heterocycles. The molecule has 1 aliphatic rings. The minimum absolute atomic E-state index is 0.0376. The number of hydrogen-bond donors (Lipinski definition) is 3. The van der Waals surface area contributed by atoms with E-state index in [1.807, 2.05) is 6.07 Å². The summed E-state index contributed by atoms with van der Waals surface area (Å²) < 4.78 is 13.2. The van der Waals surface area contributed by atoms with Gasteiger partial charge in [-0.2, -0.15) is 0 Å². The van der Waals surface area contributed by atoms with E-state index in [4.69, 9.17) is 0 Å². The first-order chi connectivity index (χ1) is 14.2. The maximum atomic E-state index is 13.2. The Morgan fingerprint density at radius 1 is 1.10 bits per heavy atom. The fraction of sp³-hybridized carbons (Fsp3) is 0.364. The molecular formula is C22H28FN5O. The lowest BCUT2D eigenvalue weighted by Gasteiger charge is -2.28. The molecule has 1 unspecified atom stereocenters. The van der Waals surface area contributed by atoms with Crippen LogP contribution < -0.4 is 16.0 Å². The number of halogens is 1. The lowest BCUT2D eigenvalue weighted by molar-refractivity contribution is -0.115. The Kier molecular flexibility index (Phi) is 7.58. The third-order valence-electron chi connectivity index (χ3n) is 4.98. The van der Waals surface area contributed by atoms with Crippen molar-refractivity contribution in [1.29, 1.82) is 0 Å². The zero-order valence-corrected chi connectivity index (χ0v) is 16.7. The third kappa shape index (κ3) is 6.29. The highest BCUT2D eigenvalue weighted by atomic mass is 19.1. The molecule has 6 nitrogen and oxygen atoms in total. The summed E-state index contributed by atoms with van der Waals surface area (Å²) >= 11 is 0. The summed E-state index contributed by atoms with van der Waals surface area (Å²) in [5.41, 5.74) is 1.69. The maximum absolute atomic E-state index is 13.2. The standard InChI is InChI=1S/C22H28FN5O/c1-24-22(26-16-21(29)27-19-11-7-10-18(23)14-19)25-15-20(28-12-5-6-13-28)17-8-3-2-4-9-17/h2-4,7-11,14,20H,5-6,12-13,15-16H2,1H3,(H,27,29)(H2,24,25,26). The number of hydrogen-bond acceptors (Lipinski definition) is 3. The SMILES string of the molecule is CN=C(NCC(=O)Nc1cccc(F)c1)NCC(c1ccccc1)N1CCCC1. The highest BCUT2D eigenvalue weighted by molar-refractivity contribution is 5.94. The van der Waals surface area contributed by atoms with Gasteiger partial charge in [0.05, 0.1) is 12.6 Å². The summed E-state index contributed by atoms with van der Waals surface area (Å²) in [4.78, 5) is 18.8. The Labute approximate surface area is 171 Å². The lowest BCUT2D eigenvalue weighted by Crippen LogP contribution is -2.44. The van der Waals surface area contributed by atoms with Gasteiger partial charge in [-0.1, -0.05) is 36.4 Å². The van der Waals surface area contributed by atoms with Crippen molar-refractivity contribution in [3.63, 3.8) is 0 Å². The second-order valence-electron chi connectivity index (χ2n) is 7.03. The van der Waals surface area contributed by atoms with E-state index in [0.29, 0.717) is 18.2 Å². The van der Waals surface area contributed by atoms with Crippen molar-refractivity contribution in [2.24, 2.45) is 4.99 Å². The van der Waals surface area contributed by atoms with Crippen molar-refractivity contribution in [2.75, 3.05) is 38.5 Å². The van der Waals surface area contributed by atoms with Crippen molar-refractivity contribution in [2.45, 2.75) is 18.9 Å². The van der Waals surface area contributed by atoms with Gasteiger partial charge in [0.25, 0.3) is 0 Å². The molecule has 154 valence electrons. The molecule has 1 atom stereocenters. The molecule has 1 heterocycles. The van der Waals surface area contributed by atoms with Crippen LogP contribution in [0.5, 0.6) is 0 Å². The summed E-state index contributed by atoms with van der Waals surface area (Å²) in [6.07, 6.45) is 2.44. The molecule has 3 N–H and O–H groups in total. The largest absolute Gasteiger partial charge is 0.354 e. The molecule has 1 amide bonds.